The minimum Gasteiger partial charge on any atom is -0.480 e. The van der Waals surface area contributed by atoms with Crippen LogP contribution in [0.5, 0.6) is 0 Å². The van der Waals surface area contributed by atoms with Crippen LogP contribution in [0.25, 0.3) is 11.1 Å². The smallest absolute Gasteiger partial charge is 0.408 e. The molecule has 0 aromatic heterocycles. The van der Waals surface area contributed by atoms with Crippen molar-refractivity contribution in [3.05, 3.63) is 60.2 Å². The Morgan fingerprint density at radius 1 is 0.889 bits per heavy atom. The number of carboxylic acid groups (broad SMARTS) is 1. The average molecular weight is 369 g/mol. The summed E-state index contributed by atoms with van der Waals surface area (Å²) in [6.07, 6.45) is -0.746. The zero-order valence-electron chi connectivity index (χ0n) is 16.4. The van der Waals surface area contributed by atoms with Crippen molar-refractivity contribution < 1.29 is 19.4 Å². The fourth-order valence-electron chi connectivity index (χ4n) is 2.87. The maximum absolute atomic E-state index is 12.1. The predicted octanol–water partition coefficient (Wildman–Crippen LogP) is 4.61. The van der Waals surface area contributed by atoms with E-state index in [-0.39, 0.29) is 0 Å². The van der Waals surface area contributed by atoms with Gasteiger partial charge in [0.15, 0.2) is 0 Å². The number of hydrogen-bond acceptors (Lipinski definition) is 3. The number of ether oxygens (including phenoxy) is 1. The van der Waals surface area contributed by atoms with E-state index in [0.29, 0.717) is 0 Å². The first kappa shape index (κ1) is 20.5. The third kappa shape index (κ3) is 5.33. The van der Waals surface area contributed by atoms with Gasteiger partial charge in [0.2, 0.25) is 0 Å². The van der Waals surface area contributed by atoms with Gasteiger partial charge in [0, 0.05) is 5.41 Å². The molecule has 2 N–H and O–H groups in total. The number of nitrogens with one attached hydrogen (secondary N) is 1. The summed E-state index contributed by atoms with van der Waals surface area (Å²) in [5.74, 6) is -1.11. The quantitative estimate of drug-likeness (QED) is 0.807. The van der Waals surface area contributed by atoms with Gasteiger partial charge in [0.05, 0.1) is 0 Å². The van der Waals surface area contributed by atoms with Crippen LogP contribution in [-0.2, 0) is 14.9 Å². The van der Waals surface area contributed by atoms with Gasteiger partial charge in [-0.1, -0.05) is 68.4 Å². The van der Waals surface area contributed by atoms with Gasteiger partial charge in [-0.25, -0.2) is 9.59 Å². The van der Waals surface area contributed by atoms with Crippen LogP contribution in [0.2, 0.25) is 0 Å². The minimum atomic E-state index is -1.13. The molecule has 0 aliphatic rings. The average Bonchev–Trinajstić information content (AvgIpc) is 2.58. The second-order valence-electron chi connectivity index (χ2n) is 8.08. The van der Waals surface area contributed by atoms with E-state index in [1.807, 2.05) is 54.6 Å². The third-order valence-corrected chi connectivity index (χ3v) is 4.37. The van der Waals surface area contributed by atoms with Gasteiger partial charge in [-0.15, -0.1) is 0 Å². The summed E-state index contributed by atoms with van der Waals surface area (Å²) in [6.45, 7) is 8.78. The molecule has 0 unspecified atom stereocenters. The Balaban J connectivity index is 2.25. The van der Waals surface area contributed by atoms with Crippen molar-refractivity contribution in [1.82, 2.24) is 5.32 Å². The Kier molecular flexibility index (Phi) is 5.94. The highest BCUT2D eigenvalue weighted by Crippen LogP contribution is 2.30. The number of amides is 1. The van der Waals surface area contributed by atoms with E-state index < -0.39 is 29.1 Å². The second-order valence-corrected chi connectivity index (χ2v) is 8.08. The van der Waals surface area contributed by atoms with E-state index >= 15 is 0 Å². The SMILES string of the molecule is CC(C)(C)OC(=O)N[C@@H](C(=O)O)C(C)(C)c1ccc(-c2ccccc2)cc1. The number of rotatable bonds is 5. The van der Waals surface area contributed by atoms with Crippen LogP contribution in [0.1, 0.15) is 40.2 Å². The van der Waals surface area contributed by atoms with Crippen LogP contribution in [0.4, 0.5) is 4.79 Å². The molecule has 1 amide bonds. The molecule has 2 aromatic rings. The van der Waals surface area contributed by atoms with Gasteiger partial charge in [0.25, 0.3) is 0 Å². The number of carbonyl (C=O) groups is 2. The number of alkyl carbamates (subject to hydrolysis) is 1. The van der Waals surface area contributed by atoms with E-state index in [0.717, 1.165) is 16.7 Å². The van der Waals surface area contributed by atoms with Crippen LogP contribution in [0, 0.1) is 0 Å². The van der Waals surface area contributed by atoms with Crippen LogP contribution >= 0.6 is 0 Å². The largest absolute Gasteiger partial charge is 0.480 e. The second kappa shape index (κ2) is 7.82. The molecule has 0 saturated carbocycles. The summed E-state index contributed by atoms with van der Waals surface area (Å²) in [6, 6.07) is 16.5. The molecule has 27 heavy (non-hydrogen) atoms. The molecule has 0 fully saturated rings. The molecular formula is C22H27NO4. The minimum absolute atomic E-state index is 0.700. The molecule has 5 nitrogen and oxygen atoms in total. The first-order chi connectivity index (χ1) is 12.5. The van der Waals surface area contributed by atoms with Gasteiger partial charge in [0.1, 0.15) is 11.6 Å². The van der Waals surface area contributed by atoms with Crippen LogP contribution in [0.3, 0.4) is 0 Å². The highest BCUT2D eigenvalue weighted by molar-refractivity contribution is 5.82. The first-order valence-electron chi connectivity index (χ1n) is 8.89. The standard InChI is InChI=1S/C22H27NO4/c1-21(2,3)27-20(26)23-18(19(24)25)22(4,5)17-13-11-16(12-14-17)15-9-7-6-8-10-15/h6-14,18H,1-5H3,(H,23,26)(H,24,25)/t18-/m0/s1. The molecular weight excluding hydrogens is 342 g/mol. The highest BCUT2D eigenvalue weighted by atomic mass is 16.6. The summed E-state index contributed by atoms with van der Waals surface area (Å²) in [7, 11) is 0. The first-order valence-corrected chi connectivity index (χ1v) is 8.89. The van der Waals surface area contributed by atoms with Crippen molar-refractivity contribution in [2.75, 3.05) is 0 Å². The Morgan fingerprint density at radius 3 is 1.89 bits per heavy atom. The number of aliphatic carboxylic acids is 1. The number of benzene rings is 2. The van der Waals surface area contributed by atoms with Crippen LogP contribution < -0.4 is 5.32 Å². The summed E-state index contributed by atoms with van der Waals surface area (Å²) < 4.78 is 5.21. The van der Waals surface area contributed by atoms with Crippen molar-refractivity contribution in [1.29, 1.82) is 0 Å². The lowest BCUT2D eigenvalue weighted by atomic mass is 9.77. The van der Waals surface area contributed by atoms with E-state index in [4.69, 9.17) is 4.74 Å². The molecule has 0 heterocycles. The number of hydrogen-bond donors (Lipinski definition) is 2. The Morgan fingerprint density at radius 2 is 1.41 bits per heavy atom. The molecule has 2 rings (SSSR count). The van der Waals surface area contributed by atoms with Gasteiger partial charge in [-0.05, 0) is 37.5 Å². The zero-order chi connectivity index (χ0) is 20.2. The Hall–Kier alpha value is -2.82. The van der Waals surface area contributed by atoms with Crippen LogP contribution in [-0.4, -0.2) is 28.8 Å². The summed E-state index contributed by atoms with van der Waals surface area (Å²) in [4.78, 5) is 23.9. The van der Waals surface area contributed by atoms with Crippen molar-refractivity contribution in [3.8, 4) is 11.1 Å². The number of carbonyl (C=O) groups excluding carboxylic acids is 1. The maximum Gasteiger partial charge on any atom is 0.408 e. The molecule has 0 bridgehead atoms. The summed E-state index contributed by atoms with van der Waals surface area (Å²) in [5.41, 5.74) is 1.41. The fraction of sp³-hybridized carbons (Fsp3) is 0.364. The molecule has 5 heteroatoms. The van der Waals surface area contributed by atoms with Gasteiger partial charge in [-0.2, -0.15) is 0 Å². The van der Waals surface area contributed by atoms with Crippen molar-refractivity contribution >= 4 is 12.1 Å². The maximum atomic E-state index is 12.1. The molecule has 0 aliphatic heterocycles. The van der Waals surface area contributed by atoms with E-state index in [1.54, 1.807) is 34.6 Å². The lowest BCUT2D eigenvalue weighted by Gasteiger charge is -2.33. The highest BCUT2D eigenvalue weighted by Gasteiger charge is 2.39. The molecule has 0 spiro atoms. The lowest BCUT2D eigenvalue weighted by Crippen LogP contribution is -2.53. The summed E-state index contributed by atoms with van der Waals surface area (Å²) in [5, 5.41) is 12.2. The topological polar surface area (TPSA) is 75.6 Å². The lowest BCUT2D eigenvalue weighted by molar-refractivity contribution is -0.141. The molecule has 0 saturated heterocycles. The van der Waals surface area contributed by atoms with Crippen molar-refractivity contribution in [3.63, 3.8) is 0 Å². The van der Waals surface area contributed by atoms with Gasteiger partial charge in [-0.3, -0.25) is 0 Å². The number of carboxylic acids is 1. The Bertz CT molecular complexity index is 789. The van der Waals surface area contributed by atoms with E-state index in [1.165, 1.54) is 0 Å². The summed E-state index contributed by atoms with van der Waals surface area (Å²) >= 11 is 0. The van der Waals surface area contributed by atoms with Gasteiger partial charge < -0.3 is 15.2 Å². The molecule has 0 aliphatic carbocycles. The predicted molar refractivity (Wildman–Crippen MR) is 106 cm³/mol. The van der Waals surface area contributed by atoms with Crippen molar-refractivity contribution in [2.24, 2.45) is 0 Å². The van der Waals surface area contributed by atoms with E-state index in [9.17, 15) is 14.7 Å². The monoisotopic (exact) mass is 369 g/mol. The van der Waals surface area contributed by atoms with Gasteiger partial charge >= 0.3 is 12.1 Å². The Labute approximate surface area is 160 Å². The molecule has 1 atom stereocenters. The molecule has 0 radical (unpaired) electrons. The van der Waals surface area contributed by atoms with Crippen LogP contribution in [0.15, 0.2) is 54.6 Å². The third-order valence-electron chi connectivity index (χ3n) is 4.37. The van der Waals surface area contributed by atoms with Crippen molar-refractivity contribution in [2.45, 2.75) is 51.7 Å². The fourth-order valence-corrected chi connectivity index (χ4v) is 2.87. The normalized spacial score (nSPS) is 12.9. The molecule has 2 aromatic carbocycles. The zero-order valence-corrected chi connectivity index (χ0v) is 16.4. The molecule has 144 valence electrons. The van der Waals surface area contributed by atoms with E-state index in [2.05, 4.69) is 5.32 Å².